The van der Waals surface area contributed by atoms with Crippen molar-refractivity contribution >= 4 is 29.3 Å². The lowest BCUT2D eigenvalue weighted by Crippen LogP contribution is -2.50. The Balaban J connectivity index is 0.000000396. The summed E-state index contributed by atoms with van der Waals surface area (Å²) in [6.07, 6.45) is -3.44. The van der Waals surface area contributed by atoms with Crippen LogP contribution in [-0.4, -0.2) is 65.8 Å². The van der Waals surface area contributed by atoms with Crippen LogP contribution in [0.2, 0.25) is 5.02 Å². The summed E-state index contributed by atoms with van der Waals surface area (Å²) in [5, 5.41) is 7.75. The summed E-state index contributed by atoms with van der Waals surface area (Å²) >= 11 is 5.85. The Labute approximate surface area is 175 Å². The van der Waals surface area contributed by atoms with E-state index in [4.69, 9.17) is 26.2 Å². The molecule has 1 fully saturated rings. The molecule has 0 spiro atoms. The van der Waals surface area contributed by atoms with E-state index in [1.807, 2.05) is 47.4 Å². The topological polar surface area (TPSA) is 83.0 Å². The summed E-state index contributed by atoms with van der Waals surface area (Å²) in [7, 11) is 0. The number of hydrogen-bond donors (Lipinski definition) is 1. The molecule has 0 aliphatic carbocycles. The molecule has 0 unspecified atom stereocenters. The second kappa shape index (κ2) is 10.7. The summed E-state index contributed by atoms with van der Waals surface area (Å²) in [4.78, 5) is 29.4. The molecule has 1 aromatic carbocycles. The summed E-state index contributed by atoms with van der Waals surface area (Å²) in [6, 6.07) is 13.1. The van der Waals surface area contributed by atoms with Crippen LogP contribution in [0.1, 0.15) is 0 Å². The summed E-state index contributed by atoms with van der Waals surface area (Å²) in [5.74, 6) is -1.14. The van der Waals surface area contributed by atoms with Gasteiger partial charge < -0.3 is 19.6 Å². The van der Waals surface area contributed by atoms with Crippen LogP contribution in [0.3, 0.4) is 0 Å². The number of ether oxygens (including phenoxy) is 1. The highest BCUT2D eigenvalue weighted by Crippen LogP contribution is 2.16. The molecule has 0 radical (unpaired) electrons. The molecule has 0 saturated carbocycles. The fourth-order valence-electron chi connectivity index (χ4n) is 2.49. The monoisotopic (exact) mass is 445 g/mol. The number of carboxylic acid groups (broad SMARTS) is 1. The molecule has 3 rings (SSSR count). The fraction of sp³-hybridized carbons (Fsp3) is 0.316. The molecule has 1 saturated heterocycles. The van der Waals surface area contributed by atoms with Gasteiger partial charge in [-0.25, -0.2) is 9.78 Å². The molecule has 30 heavy (non-hydrogen) atoms. The van der Waals surface area contributed by atoms with Crippen molar-refractivity contribution in [3.8, 4) is 5.75 Å². The highest BCUT2D eigenvalue weighted by Gasteiger charge is 2.38. The van der Waals surface area contributed by atoms with Crippen LogP contribution in [0, 0.1) is 0 Å². The van der Waals surface area contributed by atoms with Crippen molar-refractivity contribution in [2.75, 3.05) is 37.7 Å². The number of piperazine rings is 1. The van der Waals surface area contributed by atoms with Crippen molar-refractivity contribution in [1.82, 2.24) is 9.88 Å². The van der Waals surface area contributed by atoms with Crippen molar-refractivity contribution < 1.29 is 32.6 Å². The number of alkyl halides is 3. The van der Waals surface area contributed by atoms with Crippen LogP contribution in [-0.2, 0) is 9.59 Å². The van der Waals surface area contributed by atoms with Crippen LogP contribution < -0.4 is 9.64 Å². The number of carbonyl (C=O) groups is 2. The van der Waals surface area contributed by atoms with Gasteiger partial charge in [0.05, 0.1) is 5.02 Å². The number of benzene rings is 1. The molecular weight excluding hydrogens is 427 g/mol. The minimum absolute atomic E-state index is 0.0116. The van der Waals surface area contributed by atoms with Crippen molar-refractivity contribution in [2.24, 2.45) is 0 Å². The van der Waals surface area contributed by atoms with E-state index in [9.17, 15) is 18.0 Å². The molecule has 2 heterocycles. The molecule has 0 atom stereocenters. The largest absolute Gasteiger partial charge is 0.490 e. The molecule has 11 heteroatoms. The van der Waals surface area contributed by atoms with Crippen LogP contribution in [0.25, 0.3) is 0 Å². The normalized spacial score (nSPS) is 13.9. The number of carboxylic acids is 1. The smallest absolute Gasteiger partial charge is 0.484 e. The zero-order valence-corrected chi connectivity index (χ0v) is 16.4. The maximum atomic E-state index is 12.2. The predicted molar refractivity (Wildman–Crippen MR) is 104 cm³/mol. The van der Waals surface area contributed by atoms with Crippen LogP contribution >= 0.6 is 11.6 Å². The molecule has 1 amide bonds. The Hall–Kier alpha value is -3.01. The van der Waals surface area contributed by atoms with E-state index < -0.39 is 12.1 Å². The Morgan fingerprint density at radius 1 is 1.07 bits per heavy atom. The second-order valence-corrected chi connectivity index (χ2v) is 6.54. The average Bonchev–Trinajstić information content (AvgIpc) is 2.73. The van der Waals surface area contributed by atoms with E-state index in [1.165, 1.54) is 0 Å². The summed E-state index contributed by atoms with van der Waals surface area (Å²) in [6.45, 7) is 2.92. The number of pyridine rings is 1. The Morgan fingerprint density at radius 3 is 2.17 bits per heavy atom. The Morgan fingerprint density at radius 2 is 1.67 bits per heavy atom. The lowest BCUT2D eigenvalue weighted by atomic mass is 10.3. The van der Waals surface area contributed by atoms with Gasteiger partial charge in [-0.2, -0.15) is 13.2 Å². The minimum atomic E-state index is -5.08. The number of aliphatic carboxylic acids is 1. The van der Waals surface area contributed by atoms with Crippen LogP contribution in [0.4, 0.5) is 19.0 Å². The van der Waals surface area contributed by atoms with Gasteiger partial charge in [-0.3, -0.25) is 4.79 Å². The van der Waals surface area contributed by atoms with Gasteiger partial charge in [-0.1, -0.05) is 29.8 Å². The Bertz CT molecular complexity index is 827. The maximum Gasteiger partial charge on any atom is 0.490 e. The minimum Gasteiger partial charge on any atom is -0.484 e. The first-order valence-electron chi connectivity index (χ1n) is 8.79. The first-order chi connectivity index (χ1) is 14.2. The van der Waals surface area contributed by atoms with E-state index in [2.05, 4.69) is 9.88 Å². The van der Waals surface area contributed by atoms with E-state index in [0.717, 1.165) is 18.9 Å². The van der Waals surface area contributed by atoms with Crippen molar-refractivity contribution in [3.63, 3.8) is 0 Å². The molecule has 7 nitrogen and oxygen atoms in total. The number of amides is 1. The number of carbonyl (C=O) groups excluding carboxylic acids is 1. The SMILES string of the molecule is O=C(COc1ccccc1)N1CCN(c2ccc(Cl)cn2)CC1.O=C(O)C(F)(F)F. The molecule has 1 aliphatic rings. The van der Waals surface area contributed by atoms with Crippen LogP contribution in [0.15, 0.2) is 48.7 Å². The van der Waals surface area contributed by atoms with Gasteiger partial charge in [0.15, 0.2) is 6.61 Å². The number of halogens is 4. The molecule has 1 aliphatic heterocycles. The Kier molecular flexibility index (Phi) is 8.28. The fourth-order valence-corrected chi connectivity index (χ4v) is 2.60. The molecular formula is C19H19ClF3N3O4. The average molecular weight is 446 g/mol. The number of anilines is 1. The van der Waals surface area contributed by atoms with Gasteiger partial charge in [0.2, 0.25) is 0 Å². The van der Waals surface area contributed by atoms with Crippen molar-refractivity contribution in [1.29, 1.82) is 0 Å². The molecule has 162 valence electrons. The highest BCUT2D eigenvalue weighted by atomic mass is 35.5. The van der Waals surface area contributed by atoms with E-state index in [-0.39, 0.29) is 12.5 Å². The quantitative estimate of drug-likeness (QED) is 0.778. The van der Waals surface area contributed by atoms with E-state index in [0.29, 0.717) is 23.9 Å². The third-order valence-corrected chi connectivity index (χ3v) is 4.24. The van der Waals surface area contributed by atoms with Crippen LogP contribution in [0.5, 0.6) is 5.75 Å². The molecule has 1 N–H and O–H groups in total. The lowest BCUT2D eigenvalue weighted by Gasteiger charge is -2.35. The second-order valence-electron chi connectivity index (χ2n) is 6.11. The van der Waals surface area contributed by atoms with Gasteiger partial charge in [0.1, 0.15) is 11.6 Å². The number of rotatable bonds is 4. The molecule has 2 aromatic rings. The van der Waals surface area contributed by atoms with Gasteiger partial charge in [0, 0.05) is 32.4 Å². The highest BCUT2D eigenvalue weighted by molar-refractivity contribution is 6.30. The first-order valence-corrected chi connectivity index (χ1v) is 9.17. The summed E-state index contributed by atoms with van der Waals surface area (Å²) < 4.78 is 37.2. The number of para-hydroxylation sites is 1. The van der Waals surface area contributed by atoms with Crippen molar-refractivity contribution in [3.05, 3.63) is 53.7 Å². The van der Waals surface area contributed by atoms with Gasteiger partial charge >= 0.3 is 12.1 Å². The van der Waals surface area contributed by atoms with E-state index >= 15 is 0 Å². The third-order valence-electron chi connectivity index (χ3n) is 4.02. The predicted octanol–water partition coefficient (Wildman–Crippen LogP) is 3.10. The van der Waals surface area contributed by atoms with Gasteiger partial charge in [0.25, 0.3) is 5.91 Å². The number of aromatic nitrogens is 1. The number of nitrogens with zero attached hydrogens (tertiary/aromatic N) is 3. The van der Waals surface area contributed by atoms with Gasteiger partial charge in [-0.05, 0) is 24.3 Å². The lowest BCUT2D eigenvalue weighted by molar-refractivity contribution is -0.192. The third kappa shape index (κ3) is 7.43. The van der Waals surface area contributed by atoms with Crippen molar-refractivity contribution in [2.45, 2.75) is 6.18 Å². The standard InChI is InChI=1S/C17H18ClN3O2.C2HF3O2/c18-14-6-7-16(19-12-14)20-8-10-21(11-9-20)17(22)13-23-15-4-2-1-3-5-15;3-2(4,5)1(6)7/h1-7,12H,8-11,13H2;(H,6,7). The molecule has 1 aromatic heterocycles. The zero-order chi connectivity index (χ0) is 22.1. The van der Waals surface area contributed by atoms with E-state index in [1.54, 1.807) is 6.20 Å². The maximum absolute atomic E-state index is 12.2. The zero-order valence-electron chi connectivity index (χ0n) is 15.7. The summed E-state index contributed by atoms with van der Waals surface area (Å²) in [5.41, 5.74) is 0. The van der Waals surface area contributed by atoms with Gasteiger partial charge in [-0.15, -0.1) is 0 Å². The first kappa shape index (κ1) is 23.3. The molecule has 0 bridgehead atoms. The number of hydrogen-bond acceptors (Lipinski definition) is 5.